The van der Waals surface area contributed by atoms with Crippen molar-refractivity contribution in [2.45, 2.75) is 41.0 Å². The molecule has 0 saturated heterocycles. The summed E-state index contributed by atoms with van der Waals surface area (Å²) in [6.45, 7) is 12.6. The molecule has 0 heterocycles. The lowest BCUT2D eigenvalue weighted by Crippen LogP contribution is -2.18. The third-order valence-electron chi connectivity index (χ3n) is 3.61. The van der Waals surface area contributed by atoms with E-state index in [1.165, 1.54) is 31.2 Å². The molecule has 1 amide bonds. The summed E-state index contributed by atoms with van der Waals surface area (Å²) in [5.74, 6) is -5.24. The van der Waals surface area contributed by atoms with Crippen molar-refractivity contribution in [3.05, 3.63) is 77.7 Å². The molecule has 0 aromatic heterocycles. The van der Waals surface area contributed by atoms with Crippen LogP contribution in [-0.4, -0.2) is 12.3 Å². The van der Waals surface area contributed by atoms with Gasteiger partial charge in [-0.25, -0.2) is 22.0 Å². The molecule has 0 aliphatic rings. The SMILES string of the molecule is C=C(/C(=C\C)C(=O)Nc1ccccc1-c1cc(F)c(F)c(F)c1)C(F)F.CC.CC. The van der Waals surface area contributed by atoms with E-state index in [1.54, 1.807) is 6.07 Å². The van der Waals surface area contributed by atoms with Crippen molar-refractivity contribution in [2.24, 2.45) is 0 Å². The number of para-hydroxylation sites is 1. The molecule has 2 aromatic carbocycles. The van der Waals surface area contributed by atoms with Crippen LogP contribution in [0, 0.1) is 17.5 Å². The average Bonchev–Trinajstić information content (AvgIpc) is 2.75. The fourth-order valence-corrected chi connectivity index (χ4v) is 2.32. The summed E-state index contributed by atoms with van der Waals surface area (Å²) >= 11 is 0. The van der Waals surface area contributed by atoms with Crippen LogP contribution in [0.15, 0.2) is 60.2 Å². The number of allylic oxidation sites excluding steroid dienone is 1. The first-order valence-corrected chi connectivity index (χ1v) is 9.45. The van der Waals surface area contributed by atoms with E-state index in [-0.39, 0.29) is 22.4 Å². The number of hydrogen-bond donors (Lipinski definition) is 1. The summed E-state index contributed by atoms with van der Waals surface area (Å²) in [5.41, 5.74) is -0.680. The van der Waals surface area contributed by atoms with E-state index in [2.05, 4.69) is 11.9 Å². The standard InChI is InChI=1S/C19H14F5NO.2C2H6/c1-3-12(10(2)18(23)24)19(26)25-16-7-5-4-6-13(16)11-8-14(20)17(22)15(21)9-11;2*1-2/h3-9,18H,2H2,1H3,(H,25,26);2*1-2H3/b12-3+;;. The minimum Gasteiger partial charge on any atom is -0.321 e. The predicted molar refractivity (Wildman–Crippen MR) is 112 cm³/mol. The first-order valence-electron chi connectivity index (χ1n) is 9.45. The molecule has 0 radical (unpaired) electrons. The molecule has 0 aliphatic carbocycles. The molecule has 0 saturated carbocycles. The Bertz CT molecular complexity index is 868. The quantitative estimate of drug-likeness (QED) is 0.227. The highest BCUT2D eigenvalue weighted by atomic mass is 19.3. The van der Waals surface area contributed by atoms with Gasteiger partial charge < -0.3 is 5.32 Å². The Hall–Kier alpha value is -2.96. The van der Waals surface area contributed by atoms with Crippen LogP contribution in [0.1, 0.15) is 34.6 Å². The van der Waals surface area contributed by atoms with E-state index < -0.39 is 35.4 Å². The number of nitrogens with one attached hydrogen (secondary N) is 1. The van der Waals surface area contributed by atoms with Crippen LogP contribution in [0.2, 0.25) is 0 Å². The molecule has 2 aromatic rings. The number of amides is 1. The smallest absolute Gasteiger partial charge is 0.264 e. The van der Waals surface area contributed by atoms with Gasteiger partial charge in [0.25, 0.3) is 12.3 Å². The lowest BCUT2D eigenvalue weighted by molar-refractivity contribution is -0.112. The van der Waals surface area contributed by atoms with Crippen LogP contribution in [0.5, 0.6) is 0 Å². The fraction of sp³-hybridized carbons (Fsp3) is 0.261. The Morgan fingerprint density at radius 1 is 1.00 bits per heavy atom. The molecular weight excluding hydrogens is 401 g/mol. The van der Waals surface area contributed by atoms with Crippen LogP contribution in [0.25, 0.3) is 11.1 Å². The van der Waals surface area contributed by atoms with E-state index in [0.29, 0.717) is 0 Å². The van der Waals surface area contributed by atoms with Gasteiger partial charge in [0.1, 0.15) is 0 Å². The lowest BCUT2D eigenvalue weighted by atomic mass is 10.0. The molecule has 0 unspecified atom stereocenters. The Morgan fingerprint density at radius 3 is 1.97 bits per heavy atom. The first-order chi connectivity index (χ1) is 14.3. The van der Waals surface area contributed by atoms with Crippen molar-refractivity contribution in [3.63, 3.8) is 0 Å². The summed E-state index contributed by atoms with van der Waals surface area (Å²) in [5, 5.41) is 2.41. The number of alkyl halides is 2. The zero-order valence-corrected chi connectivity index (χ0v) is 17.6. The van der Waals surface area contributed by atoms with Crippen molar-refractivity contribution < 1.29 is 26.7 Å². The van der Waals surface area contributed by atoms with Crippen LogP contribution in [0.4, 0.5) is 27.6 Å². The van der Waals surface area contributed by atoms with Gasteiger partial charge in [0.2, 0.25) is 0 Å². The summed E-state index contributed by atoms with van der Waals surface area (Å²) in [7, 11) is 0. The largest absolute Gasteiger partial charge is 0.321 e. The number of benzene rings is 2. The first kappa shape index (κ1) is 27.0. The maximum absolute atomic E-state index is 13.5. The van der Waals surface area contributed by atoms with Crippen LogP contribution in [-0.2, 0) is 4.79 Å². The maximum Gasteiger partial charge on any atom is 0.264 e. The minimum atomic E-state index is -2.91. The van der Waals surface area contributed by atoms with E-state index in [9.17, 15) is 26.7 Å². The van der Waals surface area contributed by atoms with Gasteiger partial charge in [0.15, 0.2) is 17.5 Å². The van der Waals surface area contributed by atoms with E-state index in [4.69, 9.17) is 0 Å². The van der Waals surface area contributed by atoms with Crippen molar-refractivity contribution in [2.75, 3.05) is 5.32 Å². The Labute approximate surface area is 174 Å². The molecule has 0 atom stereocenters. The number of carbonyl (C=O) groups is 1. The van der Waals surface area contributed by atoms with Crippen molar-refractivity contribution in [1.82, 2.24) is 0 Å². The van der Waals surface area contributed by atoms with Crippen molar-refractivity contribution >= 4 is 11.6 Å². The Balaban J connectivity index is 0.00000198. The van der Waals surface area contributed by atoms with E-state index in [1.807, 2.05) is 27.7 Å². The van der Waals surface area contributed by atoms with Gasteiger partial charge in [-0.3, -0.25) is 4.79 Å². The number of hydrogen-bond acceptors (Lipinski definition) is 1. The number of halogens is 5. The average molecular weight is 427 g/mol. The normalized spacial score (nSPS) is 10.4. The highest BCUT2D eigenvalue weighted by Crippen LogP contribution is 2.31. The van der Waals surface area contributed by atoms with Crippen LogP contribution in [0.3, 0.4) is 0 Å². The third-order valence-corrected chi connectivity index (χ3v) is 3.61. The Kier molecular flexibility index (Phi) is 12.0. The third kappa shape index (κ3) is 6.83. The number of carbonyl (C=O) groups excluding carboxylic acids is 1. The Morgan fingerprint density at radius 2 is 1.50 bits per heavy atom. The second-order valence-corrected chi connectivity index (χ2v) is 5.28. The van der Waals surface area contributed by atoms with Gasteiger partial charge in [-0.15, -0.1) is 0 Å². The minimum absolute atomic E-state index is 0.0213. The van der Waals surface area contributed by atoms with Crippen LogP contribution >= 0.6 is 0 Å². The second-order valence-electron chi connectivity index (χ2n) is 5.28. The van der Waals surface area contributed by atoms with Gasteiger partial charge in [0.05, 0.1) is 0 Å². The molecule has 2 rings (SSSR count). The van der Waals surface area contributed by atoms with Crippen molar-refractivity contribution in [1.29, 1.82) is 0 Å². The van der Waals surface area contributed by atoms with Gasteiger partial charge in [0, 0.05) is 22.4 Å². The highest BCUT2D eigenvalue weighted by Gasteiger charge is 2.21. The molecule has 30 heavy (non-hydrogen) atoms. The molecule has 0 aliphatic heterocycles. The predicted octanol–water partition coefficient (Wildman–Crippen LogP) is 7.53. The molecule has 0 spiro atoms. The van der Waals surface area contributed by atoms with Gasteiger partial charge in [-0.2, -0.15) is 0 Å². The zero-order valence-electron chi connectivity index (χ0n) is 17.6. The lowest BCUT2D eigenvalue weighted by Gasteiger charge is -2.14. The van der Waals surface area contributed by atoms with Gasteiger partial charge in [-0.05, 0) is 30.7 Å². The fourth-order valence-electron chi connectivity index (χ4n) is 2.32. The summed E-state index contributed by atoms with van der Waals surface area (Å²) in [6, 6.07) is 7.49. The molecule has 1 N–H and O–H groups in total. The van der Waals surface area contributed by atoms with Gasteiger partial charge in [-0.1, -0.05) is 58.5 Å². The molecule has 164 valence electrons. The van der Waals surface area contributed by atoms with Crippen molar-refractivity contribution in [3.8, 4) is 11.1 Å². The monoisotopic (exact) mass is 427 g/mol. The summed E-state index contributed by atoms with van der Waals surface area (Å²) in [6.07, 6.45) is -1.73. The molecule has 7 heteroatoms. The maximum atomic E-state index is 13.5. The van der Waals surface area contributed by atoms with E-state index in [0.717, 1.165) is 12.1 Å². The van der Waals surface area contributed by atoms with Gasteiger partial charge >= 0.3 is 0 Å². The van der Waals surface area contributed by atoms with E-state index >= 15 is 0 Å². The molecule has 0 bridgehead atoms. The summed E-state index contributed by atoms with van der Waals surface area (Å²) in [4.78, 5) is 12.3. The summed E-state index contributed by atoms with van der Waals surface area (Å²) < 4.78 is 65.7. The molecule has 2 nitrogen and oxygen atoms in total. The zero-order chi connectivity index (χ0) is 23.4. The second kappa shape index (κ2) is 13.3. The number of rotatable bonds is 5. The molecule has 0 fully saturated rings. The topological polar surface area (TPSA) is 29.1 Å². The van der Waals surface area contributed by atoms with Crippen LogP contribution < -0.4 is 5.32 Å². The molecular formula is C23H26F5NO. The highest BCUT2D eigenvalue weighted by molar-refractivity contribution is 6.08. The number of anilines is 1.